The van der Waals surface area contributed by atoms with Crippen molar-refractivity contribution in [2.45, 2.75) is 13.8 Å². The fraction of sp³-hybridized carbons (Fsp3) is 0.150. The predicted octanol–water partition coefficient (Wildman–Crippen LogP) is 5.15. The number of aromatic nitrogens is 2. The van der Waals surface area contributed by atoms with Crippen LogP contribution >= 0.6 is 11.3 Å². The molecule has 3 heterocycles. The summed E-state index contributed by atoms with van der Waals surface area (Å²) in [6, 6.07) is 11.4. The Kier molecular flexibility index (Phi) is 4.37. The third-order valence-electron chi connectivity index (χ3n) is 3.96. The Balaban J connectivity index is 1.74. The zero-order chi connectivity index (χ0) is 19.0. The fourth-order valence-corrected chi connectivity index (χ4v) is 3.65. The Bertz CT molecular complexity index is 1150. The number of fused-ring (bicyclic) bond motifs is 1. The van der Waals surface area contributed by atoms with Gasteiger partial charge in [0.1, 0.15) is 11.5 Å². The summed E-state index contributed by atoms with van der Waals surface area (Å²) < 4.78 is 17.1. The van der Waals surface area contributed by atoms with Crippen LogP contribution in [0.1, 0.15) is 21.9 Å². The highest BCUT2D eigenvalue weighted by molar-refractivity contribution is 7.20. The average Bonchev–Trinajstić information content (AvgIpc) is 3.25. The van der Waals surface area contributed by atoms with E-state index in [-0.39, 0.29) is 5.69 Å². The third kappa shape index (κ3) is 3.41. The van der Waals surface area contributed by atoms with E-state index in [0.717, 1.165) is 32.2 Å². The van der Waals surface area contributed by atoms with E-state index in [9.17, 15) is 4.79 Å². The molecule has 3 aromatic heterocycles. The molecule has 4 rings (SSSR count). The second-order valence-electron chi connectivity index (χ2n) is 5.99. The van der Waals surface area contributed by atoms with Crippen LogP contribution in [-0.2, 0) is 4.74 Å². The maximum absolute atomic E-state index is 12.0. The Labute approximate surface area is 159 Å². The molecule has 0 aliphatic carbocycles. The summed E-state index contributed by atoms with van der Waals surface area (Å²) in [6.45, 7) is 3.70. The Hall–Kier alpha value is -3.19. The first-order valence-corrected chi connectivity index (χ1v) is 9.05. The van der Waals surface area contributed by atoms with Crippen molar-refractivity contribution in [3.8, 4) is 22.3 Å². The molecule has 0 saturated heterocycles. The van der Waals surface area contributed by atoms with Crippen molar-refractivity contribution in [2.75, 3.05) is 7.11 Å². The number of benzene rings is 1. The van der Waals surface area contributed by atoms with Crippen LogP contribution in [0, 0.1) is 13.8 Å². The highest BCUT2D eigenvalue weighted by Gasteiger charge is 2.18. The lowest BCUT2D eigenvalue weighted by atomic mass is 10.1. The highest BCUT2D eigenvalue weighted by atomic mass is 32.1. The van der Waals surface area contributed by atoms with Crippen LogP contribution in [-0.4, -0.2) is 23.0 Å². The van der Waals surface area contributed by atoms with E-state index in [0.29, 0.717) is 11.6 Å². The number of carbonyl (C=O) groups excluding carboxylic acids is 1. The number of nitrogens with zero attached hydrogens (tertiary/aromatic N) is 2. The minimum absolute atomic E-state index is 0.196. The standard InChI is InChI=1S/C20H16N2O4S/c1-11-10-21-19(20(23)24-3)18(22-11)14-6-5-13-9-17(27-15(13)8-14)26-16-7-4-12(2)25-16/h4-10H,1-3H3. The molecular formula is C20H16N2O4S. The van der Waals surface area contributed by atoms with Gasteiger partial charge in [0.05, 0.1) is 12.8 Å². The average molecular weight is 380 g/mol. The van der Waals surface area contributed by atoms with Crippen molar-refractivity contribution in [1.29, 1.82) is 0 Å². The van der Waals surface area contributed by atoms with Gasteiger partial charge in [0.15, 0.2) is 10.8 Å². The molecule has 0 aliphatic heterocycles. The third-order valence-corrected chi connectivity index (χ3v) is 4.94. The number of aryl methyl sites for hydroxylation is 2. The fourth-order valence-electron chi connectivity index (χ4n) is 2.70. The molecule has 0 fully saturated rings. The predicted molar refractivity (Wildman–Crippen MR) is 102 cm³/mol. The van der Waals surface area contributed by atoms with Crippen LogP contribution in [0.25, 0.3) is 21.3 Å². The number of hydrogen-bond donors (Lipinski definition) is 0. The molecule has 4 aromatic rings. The molecule has 0 aliphatic rings. The number of rotatable bonds is 4. The summed E-state index contributed by atoms with van der Waals surface area (Å²) in [4.78, 5) is 20.7. The molecule has 1 aromatic carbocycles. The van der Waals surface area contributed by atoms with Gasteiger partial charge in [-0.2, -0.15) is 0 Å². The summed E-state index contributed by atoms with van der Waals surface area (Å²) in [5, 5.41) is 1.75. The van der Waals surface area contributed by atoms with Crippen molar-refractivity contribution in [3.05, 3.63) is 59.7 Å². The van der Waals surface area contributed by atoms with Gasteiger partial charge in [-0.15, -0.1) is 0 Å². The molecule has 136 valence electrons. The first-order chi connectivity index (χ1) is 13.0. The molecule has 27 heavy (non-hydrogen) atoms. The summed E-state index contributed by atoms with van der Waals surface area (Å²) in [6.07, 6.45) is 1.55. The van der Waals surface area contributed by atoms with Crippen LogP contribution in [0.4, 0.5) is 0 Å². The van der Waals surface area contributed by atoms with E-state index in [2.05, 4.69) is 9.97 Å². The summed E-state index contributed by atoms with van der Waals surface area (Å²) in [7, 11) is 1.33. The largest absolute Gasteiger partial charge is 0.464 e. The van der Waals surface area contributed by atoms with E-state index in [1.807, 2.05) is 44.2 Å². The first kappa shape index (κ1) is 17.2. The Morgan fingerprint density at radius 2 is 2.00 bits per heavy atom. The molecule has 0 atom stereocenters. The van der Waals surface area contributed by atoms with E-state index in [4.69, 9.17) is 13.9 Å². The van der Waals surface area contributed by atoms with E-state index >= 15 is 0 Å². The van der Waals surface area contributed by atoms with Crippen molar-refractivity contribution in [3.63, 3.8) is 0 Å². The smallest absolute Gasteiger partial charge is 0.358 e. The van der Waals surface area contributed by atoms with Crippen molar-refractivity contribution in [2.24, 2.45) is 0 Å². The zero-order valence-corrected chi connectivity index (χ0v) is 15.8. The van der Waals surface area contributed by atoms with E-state index < -0.39 is 5.97 Å². The van der Waals surface area contributed by atoms with Gasteiger partial charge in [0.2, 0.25) is 0 Å². The number of methoxy groups -OCH3 is 1. The topological polar surface area (TPSA) is 74.5 Å². The van der Waals surface area contributed by atoms with Crippen LogP contribution in [0.3, 0.4) is 0 Å². The number of ether oxygens (including phenoxy) is 2. The lowest BCUT2D eigenvalue weighted by molar-refractivity contribution is 0.0594. The molecule has 0 spiro atoms. The van der Waals surface area contributed by atoms with Gasteiger partial charge >= 0.3 is 5.97 Å². The summed E-state index contributed by atoms with van der Waals surface area (Å²) in [5.74, 6) is 0.736. The summed E-state index contributed by atoms with van der Waals surface area (Å²) >= 11 is 1.49. The molecule has 0 unspecified atom stereocenters. The molecule has 0 saturated carbocycles. The van der Waals surface area contributed by atoms with Gasteiger partial charge in [-0.05, 0) is 31.4 Å². The number of thiophene rings is 1. The Morgan fingerprint density at radius 1 is 1.15 bits per heavy atom. The zero-order valence-electron chi connectivity index (χ0n) is 15.0. The van der Waals surface area contributed by atoms with Crippen LogP contribution in [0.5, 0.6) is 11.0 Å². The lowest BCUT2D eigenvalue weighted by Crippen LogP contribution is -2.08. The summed E-state index contributed by atoms with van der Waals surface area (Å²) in [5.41, 5.74) is 2.21. The van der Waals surface area contributed by atoms with Gasteiger partial charge in [0.25, 0.3) is 5.95 Å². The van der Waals surface area contributed by atoms with Crippen molar-refractivity contribution < 1.29 is 18.7 Å². The Morgan fingerprint density at radius 3 is 2.74 bits per heavy atom. The normalized spacial score (nSPS) is 10.9. The number of esters is 1. The molecule has 0 bridgehead atoms. The van der Waals surface area contributed by atoms with E-state index in [1.165, 1.54) is 18.4 Å². The first-order valence-electron chi connectivity index (χ1n) is 8.24. The van der Waals surface area contributed by atoms with Gasteiger partial charge in [-0.1, -0.05) is 23.5 Å². The van der Waals surface area contributed by atoms with Gasteiger partial charge < -0.3 is 13.9 Å². The van der Waals surface area contributed by atoms with E-state index in [1.54, 1.807) is 12.3 Å². The van der Waals surface area contributed by atoms with Crippen molar-refractivity contribution >= 4 is 27.4 Å². The van der Waals surface area contributed by atoms with Crippen LogP contribution < -0.4 is 4.74 Å². The quantitative estimate of drug-likeness (QED) is 0.456. The molecule has 0 amide bonds. The SMILES string of the molecule is COC(=O)c1ncc(C)nc1-c1ccc2cc(Oc3ccc(C)o3)sc2c1. The highest BCUT2D eigenvalue weighted by Crippen LogP contribution is 2.37. The van der Waals surface area contributed by atoms with Gasteiger partial charge in [0, 0.05) is 28.6 Å². The molecule has 6 nitrogen and oxygen atoms in total. The lowest BCUT2D eigenvalue weighted by Gasteiger charge is -2.07. The second kappa shape index (κ2) is 6.85. The minimum Gasteiger partial charge on any atom is -0.464 e. The second-order valence-corrected chi connectivity index (χ2v) is 7.03. The molecule has 0 N–H and O–H groups in total. The molecular weight excluding hydrogens is 364 g/mol. The molecule has 0 radical (unpaired) electrons. The molecule has 7 heteroatoms. The number of furan rings is 1. The number of hydrogen-bond acceptors (Lipinski definition) is 7. The number of carbonyl (C=O) groups is 1. The van der Waals surface area contributed by atoms with Crippen LogP contribution in [0.2, 0.25) is 0 Å². The maximum atomic E-state index is 12.0. The monoisotopic (exact) mass is 380 g/mol. The maximum Gasteiger partial charge on any atom is 0.358 e. The van der Waals surface area contributed by atoms with Gasteiger partial charge in [-0.25, -0.2) is 14.8 Å². The van der Waals surface area contributed by atoms with Crippen molar-refractivity contribution in [1.82, 2.24) is 9.97 Å². The minimum atomic E-state index is -0.513. The van der Waals surface area contributed by atoms with Gasteiger partial charge in [-0.3, -0.25) is 0 Å². The van der Waals surface area contributed by atoms with Crippen LogP contribution in [0.15, 0.2) is 47.0 Å².